The molecule has 2 saturated carbocycles. The van der Waals surface area contributed by atoms with Crippen molar-refractivity contribution in [2.45, 2.75) is 31.7 Å². The summed E-state index contributed by atoms with van der Waals surface area (Å²) < 4.78 is 5.76. The Morgan fingerprint density at radius 3 is 2.47 bits per heavy atom. The van der Waals surface area contributed by atoms with Gasteiger partial charge in [0.05, 0.1) is 11.6 Å². The molecule has 0 N–H and O–H groups in total. The molecule has 0 heterocycles. The lowest BCUT2D eigenvalue weighted by Crippen LogP contribution is -2.32. The summed E-state index contributed by atoms with van der Waals surface area (Å²) in [5.41, 5.74) is 0.681. The molecule has 0 saturated heterocycles. The zero-order valence-electron chi connectivity index (χ0n) is 11.2. The summed E-state index contributed by atoms with van der Waals surface area (Å²) in [6.07, 6.45) is 5.56. The van der Waals surface area contributed by atoms with Crippen LogP contribution in [0.15, 0.2) is 24.3 Å². The molecule has 3 nitrogen and oxygen atoms in total. The second kappa shape index (κ2) is 5.63. The number of nitrogens with zero attached hydrogens (tertiary/aromatic N) is 2. The Kier molecular flexibility index (Phi) is 3.70. The minimum absolute atomic E-state index is 0.681. The lowest BCUT2D eigenvalue weighted by Gasteiger charge is -2.21. The van der Waals surface area contributed by atoms with Crippen LogP contribution in [0, 0.1) is 17.2 Å². The van der Waals surface area contributed by atoms with E-state index < -0.39 is 0 Å². The molecule has 1 aromatic carbocycles. The fourth-order valence-corrected chi connectivity index (χ4v) is 2.40. The van der Waals surface area contributed by atoms with Crippen molar-refractivity contribution in [3.8, 4) is 11.8 Å². The van der Waals surface area contributed by atoms with Gasteiger partial charge < -0.3 is 4.74 Å². The predicted octanol–water partition coefficient (Wildman–Crippen LogP) is 2.81. The maximum Gasteiger partial charge on any atom is 0.119 e. The maximum atomic E-state index is 8.74. The zero-order chi connectivity index (χ0) is 13.1. The average molecular weight is 256 g/mol. The molecule has 0 bridgehead atoms. The first-order valence-corrected chi connectivity index (χ1v) is 7.22. The van der Waals surface area contributed by atoms with Crippen LogP contribution in [-0.2, 0) is 0 Å². The van der Waals surface area contributed by atoms with Crippen molar-refractivity contribution in [2.75, 3.05) is 19.7 Å². The zero-order valence-corrected chi connectivity index (χ0v) is 11.2. The standard InChI is InChI=1S/C16H20N2O/c17-11-13-3-7-16(8-4-13)19-10-9-18(15-5-6-15)12-14-1-2-14/h3-4,7-8,14-15H,1-2,5-6,9-10,12H2. The highest BCUT2D eigenvalue weighted by atomic mass is 16.5. The average Bonchev–Trinajstić information content (AvgIpc) is 3.30. The Labute approximate surface area is 114 Å². The van der Waals surface area contributed by atoms with E-state index in [1.807, 2.05) is 12.1 Å². The van der Waals surface area contributed by atoms with E-state index in [1.54, 1.807) is 12.1 Å². The molecule has 0 amide bonds. The van der Waals surface area contributed by atoms with Crippen LogP contribution in [0.3, 0.4) is 0 Å². The summed E-state index contributed by atoms with van der Waals surface area (Å²) in [6, 6.07) is 10.3. The van der Waals surface area contributed by atoms with Gasteiger partial charge in [-0.15, -0.1) is 0 Å². The Morgan fingerprint density at radius 2 is 1.89 bits per heavy atom. The number of hydrogen-bond acceptors (Lipinski definition) is 3. The maximum absolute atomic E-state index is 8.74. The fraction of sp³-hybridized carbons (Fsp3) is 0.562. The molecule has 3 heteroatoms. The van der Waals surface area contributed by atoms with E-state index in [2.05, 4.69) is 11.0 Å². The van der Waals surface area contributed by atoms with E-state index in [4.69, 9.17) is 10.00 Å². The van der Waals surface area contributed by atoms with Crippen molar-refractivity contribution in [3.63, 3.8) is 0 Å². The first kappa shape index (κ1) is 12.5. The van der Waals surface area contributed by atoms with Gasteiger partial charge >= 0.3 is 0 Å². The lowest BCUT2D eigenvalue weighted by molar-refractivity contribution is 0.195. The Balaban J connectivity index is 1.44. The summed E-state index contributed by atoms with van der Waals surface area (Å²) in [5.74, 6) is 1.82. The van der Waals surface area contributed by atoms with Gasteiger partial charge in [0.15, 0.2) is 0 Å². The van der Waals surface area contributed by atoms with Crippen molar-refractivity contribution in [3.05, 3.63) is 29.8 Å². The molecular weight excluding hydrogens is 236 g/mol. The minimum atomic E-state index is 0.681. The third-order valence-electron chi connectivity index (χ3n) is 3.88. The second-order valence-corrected chi connectivity index (χ2v) is 5.65. The fourth-order valence-electron chi connectivity index (χ4n) is 2.40. The normalized spacial score (nSPS) is 18.3. The SMILES string of the molecule is N#Cc1ccc(OCCN(CC2CC2)C2CC2)cc1. The molecule has 0 spiro atoms. The van der Waals surface area contributed by atoms with Crippen LogP contribution in [0.25, 0.3) is 0 Å². The van der Waals surface area contributed by atoms with Gasteiger partial charge in [0.25, 0.3) is 0 Å². The van der Waals surface area contributed by atoms with Crippen molar-refractivity contribution in [2.24, 2.45) is 5.92 Å². The minimum Gasteiger partial charge on any atom is -0.492 e. The van der Waals surface area contributed by atoms with Crippen LogP contribution in [-0.4, -0.2) is 30.6 Å². The molecule has 0 atom stereocenters. The quantitative estimate of drug-likeness (QED) is 0.752. The van der Waals surface area contributed by atoms with Crippen LogP contribution in [0.4, 0.5) is 0 Å². The molecule has 1 aromatic rings. The second-order valence-electron chi connectivity index (χ2n) is 5.65. The molecule has 100 valence electrons. The van der Waals surface area contributed by atoms with Crippen molar-refractivity contribution >= 4 is 0 Å². The summed E-state index contributed by atoms with van der Waals surface area (Å²) in [4.78, 5) is 2.60. The Morgan fingerprint density at radius 1 is 1.16 bits per heavy atom. The van der Waals surface area contributed by atoms with Crippen LogP contribution in [0.5, 0.6) is 5.75 Å². The topological polar surface area (TPSA) is 36.3 Å². The van der Waals surface area contributed by atoms with Crippen LogP contribution in [0.1, 0.15) is 31.2 Å². The van der Waals surface area contributed by atoms with Crippen molar-refractivity contribution < 1.29 is 4.74 Å². The van der Waals surface area contributed by atoms with Gasteiger partial charge in [-0.25, -0.2) is 0 Å². The third kappa shape index (κ3) is 3.71. The van der Waals surface area contributed by atoms with E-state index >= 15 is 0 Å². The Hall–Kier alpha value is -1.53. The number of rotatable bonds is 7. The molecule has 0 unspecified atom stereocenters. The molecule has 2 aliphatic rings. The van der Waals surface area contributed by atoms with Gasteiger partial charge in [0.2, 0.25) is 0 Å². The molecule has 0 radical (unpaired) electrons. The lowest BCUT2D eigenvalue weighted by atomic mass is 10.2. The van der Waals surface area contributed by atoms with E-state index in [9.17, 15) is 0 Å². The predicted molar refractivity (Wildman–Crippen MR) is 74.0 cm³/mol. The molecule has 2 aliphatic carbocycles. The summed E-state index contributed by atoms with van der Waals surface area (Å²) in [5, 5.41) is 8.74. The van der Waals surface area contributed by atoms with Gasteiger partial charge in [-0.05, 0) is 55.9 Å². The molecule has 0 aromatic heterocycles. The largest absolute Gasteiger partial charge is 0.492 e. The molecule has 0 aliphatic heterocycles. The number of hydrogen-bond donors (Lipinski definition) is 0. The van der Waals surface area contributed by atoms with Crippen molar-refractivity contribution in [1.29, 1.82) is 5.26 Å². The highest BCUT2D eigenvalue weighted by molar-refractivity contribution is 5.34. The van der Waals surface area contributed by atoms with E-state index in [-0.39, 0.29) is 0 Å². The van der Waals surface area contributed by atoms with E-state index in [0.29, 0.717) is 5.56 Å². The molecular formula is C16H20N2O. The van der Waals surface area contributed by atoms with Gasteiger partial charge in [-0.2, -0.15) is 5.26 Å². The summed E-state index contributed by atoms with van der Waals surface area (Å²) in [7, 11) is 0. The summed E-state index contributed by atoms with van der Waals surface area (Å²) in [6.45, 7) is 3.04. The number of ether oxygens (including phenoxy) is 1. The number of nitriles is 1. The first-order valence-electron chi connectivity index (χ1n) is 7.22. The highest BCUT2D eigenvalue weighted by Gasteiger charge is 2.33. The van der Waals surface area contributed by atoms with Crippen molar-refractivity contribution in [1.82, 2.24) is 4.90 Å². The van der Waals surface area contributed by atoms with Crippen LogP contribution in [0.2, 0.25) is 0 Å². The van der Waals surface area contributed by atoms with Gasteiger partial charge in [0, 0.05) is 19.1 Å². The van der Waals surface area contributed by atoms with Crippen LogP contribution < -0.4 is 4.74 Å². The Bertz CT molecular complexity index is 455. The van der Waals surface area contributed by atoms with Gasteiger partial charge in [-0.3, -0.25) is 4.90 Å². The molecule has 19 heavy (non-hydrogen) atoms. The van der Waals surface area contributed by atoms with Crippen LogP contribution >= 0.6 is 0 Å². The molecule has 2 fully saturated rings. The molecule has 3 rings (SSSR count). The van der Waals surface area contributed by atoms with E-state index in [1.165, 1.54) is 32.2 Å². The highest BCUT2D eigenvalue weighted by Crippen LogP contribution is 2.34. The first-order chi connectivity index (χ1) is 9.35. The smallest absolute Gasteiger partial charge is 0.119 e. The van der Waals surface area contributed by atoms with Gasteiger partial charge in [0.1, 0.15) is 12.4 Å². The number of benzene rings is 1. The van der Waals surface area contributed by atoms with E-state index in [0.717, 1.165) is 30.9 Å². The van der Waals surface area contributed by atoms with Gasteiger partial charge in [-0.1, -0.05) is 0 Å². The third-order valence-corrected chi connectivity index (χ3v) is 3.88. The monoisotopic (exact) mass is 256 g/mol. The summed E-state index contributed by atoms with van der Waals surface area (Å²) >= 11 is 0.